The number of aryl methyl sites for hydroxylation is 1. The van der Waals surface area contributed by atoms with E-state index in [0.29, 0.717) is 0 Å². The average molecular weight is 899 g/mol. The van der Waals surface area contributed by atoms with Gasteiger partial charge in [-0.15, -0.1) is 22.7 Å². The smallest absolute Gasteiger partial charge is 0.252 e. The van der Waals surface area contributed by atoms with E-state index in [4.69, 9.17) is 9.47 Å². The molecular weight excluding hydrogens is 856 g/mol. The summed E-state index contributed by atoms with van der Waals surface area (Å²) in [6.45, 7) is 9.17. The molecule has 0 fully saturated rings. The van der Waals surface area contributed by atoms with E-state index >= 15 is 0 Å². The number of benzene rings is 9. The Labute approximate surface area is 398 Å². The maximum absolute atomic E-state index is 6.46. The molecule has 11 aromatic rings. The summed E-state index contributed by atoms with van der Waals surface area (Å²) in [7, 11) is 0. The molecule has 0 N–H and O–H groups in total. The molecular formula is C60H43BN2O2S2. The number of hydrogen-bond acceptors (Lipinski definition) is 6. The van der Waals surface area contributed by atoms with Crippen molar-refractivity contribution in [1.82, 2.24) is 0 Å². The Morgan fingerprint density at radius 2 is 1.03 bits per heavy atom. The lowest BCUT2D eigenvalue weighted by Gasteiger charge is -2.44. The summed E-state index contributed by atoms with van der Waals surface area (Å²) in [4.78, 5) is 4.95. The lowest BCUT2D eigenvalue weighted by atomic mass is 9.33. The average Bonchev–Trinajstić information content (AvgIpc) is 4.09. The first-order chi connectivity index (χ1) is 32.7. The van der Waals surface area contributed by atoms with E-state index in [-0.39, 0.29) is 18.9 Å². The molecule has 14 rings (SSSR count). The molecule has 67 heavy (non-hydrogen) atoms. The topological polar surface area (TPSA) is 24.9 Å². The van der Waals surface area contributed by atoms with E-state index in [9.17, 15) is 0 Å². The zero-order valence-corrected chi connectivity index (χ0v) is 39.2. The third kappa shape index (κ3) is 5.91. The van der Waals surface area contributed by atoms with Crippen molar-refractivity contribution in [1.29, 1.82) is 0 Å². The summed E-state index contributed by atoms with van der Waals surface area (Å²) in [5.74, 6) is 1.58. The van der Waals surface area contributed by atoms with Gasteiger partial charge in [0.15, 0.2) is 11.5 Å². The van der Waals surface area contributed by atoms with Crippen molar-refractivity contribution in [3.8, 4) is 33.8 Å². The summed E-state index contributed by atoms with van der Waals surface area (Å²) < 4.78 is 17.9. The van der Waals surface area contributed by atoms with Gasteiger partial charge >= 0.3 is 0 Å². The first-order valence-corrected chi connectivity index (χ1v) is 24.7. The number of anilines is 6. The Hall–Kier alpha value is -7.32. The number of rotatable bonds is 4. The van der Waals surface area contributed by atoms with Crippen LogP contribution in [0.2, 0.25) is 0 Å². The van der Waals surface area contributed by atoms with Crippen LogP contribution in [0, 0.1) is 6.92 Å². The molecule has 0 spiro atoms. The van der Waals surface area contributed by atoms with Crippen molar-refractivity contribution in [3.63, 3.8) is 0 Å². The van der Waals surface area contributed by atoms with E-state index in [1.807, 2.05) is 22.7 Å². The molecule has 5 heterocycles. The Bertz CT molecular complexity index is 3860. The van der Waals surface area contributed by atoms with Crippen LogP contribution in [-0.2, 0) is 5.41 Å². The van der Waals surface area contributed by atoms with Crippen LogP contribution in [0.4, 0.5) is 34.1 Å². The zero-order valence-electron chi connectivity index (χ0n) is 37.6. The molecule has 7 heteroatoms. The van der Waals surface area contributed by atoms with Gasteiger partial charge in [0.1, 0.15) is 0 Å². The number of ether oxygens (including phenoxy) is 2. The van der Waals surface area contributed by atoms with Crippen molar-refractivity contribution in [3.05, 3.63) is 187 Å². The van der Waals surface area contributed by atoms with E-state index in [1.54, 1.807) is 0 Å². The van der Waals surface area contributed by atoms with E-state index in [1.165, 1.54) is 101 Å². The van der Waals surface area contributed by atoms with Gasteiger partial charge in [0.2, 0.25) is 6.79 Å². The van der Waals surface area contributed by atoms with Gasteiger partial charge in [-0.05, 0) is 135 Å². The van der Waals surface area contributed by atoms with Crippen molar-refractivity contribution < 1.29 is 9.47 Å². The molecule has 0 aliphatic carbocycles. The number of thiophene rings is 2. The van der Waals surface area contributed by atoms with Crippen LogP contribution in [0.5, 0.6) is 11.5 Å². The third-order valence-corrected chi connectivity index (χ3v) is 16.5. The molecule has 3 aliphatic rings. The van der Waals surface area contributed by atoms with E-state index < -0.39 is 0 Å². The maximum atomic E-state index is 6.46. The molecule has 0 atom stereocenters. The predicted octanol–water partition coefficient (Wildman–Crippen LogP) is 15.2. The molecule has 0 amide bonds. The minimum atomic E-state index is -0.0771. The monoisotopic (exact) mass is 898 g/mol. The van der Waals surface area contributed by atoms with Gasteiger partial charge in [0.25, 0.3) is 6.71 Å². The summed E-state index contributed by atoms with van der Waals surface area (Å²) in [5, 5.41) is 5.27. The molecule has 3 aliphatic heterocycles. The summed E-state index contributed by atoms with van der Waals surface area (Å²) in [6, 6.07) is 66.0. The summed E-state index contributed by atoms with van der Waals surface area (Å²) in [6.07, 6.45) is 0. The minimum Gasteiger partial charge on any atom is -0.454 e. The number of fused-ring (bicyclic) bond motifs is 12. The highest BCUT2D eigenvalue weighted by Crippen LogP contribution is 2.51. The van der Waals surface area contributed by atoms with Crippen LogP contribution in [0.3, 0.4) is 0 Å². The minimum absolute atomic E-state index is 0.0223. The van der Waals surface area contributed by atoms with Gasteiger partial charge < -0.3 is 19.3 Å². The second-order valence-corrected chi connectivity index (χ2v) is 21.5. The van der Waals surface area contributed by atoms with Crippen LogP contribution < -0.4 is 35.7 Å². The predicted molar refractivity (Wildman–Crippen MR) is 287 cm³/mol. The molecule has 320 valence electrons. The van der Waals surface area contributed by atoms with Crippen LogP contribution in [0.25, 0.3) is 62.6 Å². The van der Waals surface area contributed by atoms with Gasteiger partial charge in [-0.25, -0.2) is 0 Å². The normalized spacial score (nSPS) is 13.8. The van der Waals surface area contributed by atoms with Gasteiger partial charge in [-0.3, -0.25) is 0 Å². The third-order valence-electron chi connectivity index (χ3n) is 14.3. The Morgan fingerprint density at radius 1 is 0.478 bits per heavy atom. The fourth-order valence-corrected chi connectivity index (χ4v) is 13.3. The van der Waals surface area contributed by atoms with Crippen molar-refractivity contribution in [2.24, 2.45) is 0 Å². The van der Waals surface area contributed by atoms with Gasteiger partial charge in [0, 0.05) is 68.8 Å². The summed E-state index contributed by atoms with van der Waals surface area (Å²) >= 11 is 3.74. The van der Waals surface area contributed by atoms with Gasteiger partial charge in [0.05, 0.1) is 5.69 Å². The molecule has 0 bridgehead atoms. The quantitative estimate of drug-likeness (QED) is 0.164. The molecule has 0 unspecified atom stereocenters. The maximum Gasteiger partial charge on any atom is 0.252 e. The van der Waals surface area contributed by atoms with Crippen LogP contribution in [0.1, 0.15) is 31.9 Å². The fraction of sp³-hybridized carbons (Fsp3) is 0.100. The summed E-state index contributed by atoms with van der Waals surface area (Å²) in [5.41, 5.74) is 17.8. The zero-order chi connectivity index (χ0) is 44.7. The second kappa shape index (κ2) is 14.3. The highest BCUT2D eigenvalue weighted by Gasteiger charge is 2.46. The van der Waals surface area contributed by atoms with Crippen molar-refractivity contribution >= 4 is 120 Å². The molecule has 9 aromatic carbocycles. The lowest BCUT2D eigenvalue weighted by molar-refractivity contribution is 0.174. The lowest BCUT2D eigenvalue weighted by Crippen LogP contribution is -2.61. The second-order valence-electron chi connectivity index (χ2n) is 19.3. The van der Waals surface area contributed by atoms with Crippen LogP contribution >= 0.6 is 22.7 Å². The molecule has 2 aromatic heterocycles. The van der Waals surface area contributed by atoms with Gasteiger partial charge in [-0.2, -0.15) is 0 Å². The Balaban J connectivity index is 0.979. The highest BCUT2D eigenvalue weighted by molar-refractivity contribution is 7.26. The largest absolute Gasteiger partial charge is 0.454 e. The Morgan fingerprint density at radius 3 is 1.70 bits per heavy atom. The molecule has 0 saturated carbocycles. The standard InChI is InChI=1S/C60H43BN2O2S2/c1-35-29-50-57-51(30-35)63(42-22-18-40(19-23-42)60(2,3)4)58-47(26-28-52-59(58)65-34-64-52)61(57)48-31-37(39-16-25-46-44-10-6-8-12-54(44)67-56(46)33-39)17-27-49(48)62(50)41-20-13-36(14-21-41)38-15-24-45-43-9-5-7-11-53(43)66-55(45)32-38/h5-33H,34H2,1-4H3. The van der Waals surface area contributed by atoms with E-state index in [2.05, 4.69) is 213 Å². The number of nitrogens with zero attached hydrogens (tertiary/aromatic N) is 2. The van der Waals surface area contributed by atoms with Gasteiger partial charge in [-0.1, -0.05) is 124 Å². The first kappa shape index (κ1) is 38.9. The van der Waals surface area contributed by atoms with Crippen molar-refractivity contribution in [2.75, 3.05) is 16.6 Å². The van der Waals surface area contributed by atoms with Crippen LogP contribution in [0.15, 0.2) is 176 Å². The van der Waals surface area contributed by atoms with Crippen molar-refractivity contribution in [2.45, 2.75) is 33.1 Å². The SMILES string of the molecule is Cc1cc2c3c(c1)N(c1ccc(C(C)(C)C)cc1)c1c(ccc4c1OCO4)B3c1cc(-c3ccc4c(c3)sc3ccccc34)ccc1N2c1ccc(-c2ccc3c(c2)sc2ccccc23)cc1. The highest BCUT2D eigenvalue weighted by atomic mass is 32.1. The molecule has 4 nitrogen and oxygen atoms in total. The number of hydrogen-bond donors (Lipinski definition) is 0. The fourth-order valence-electron chi connectivity index (χ4n) is 11.0. The Kier molecular flexibility index (Phi) is 8.33. The molecule has 0 radical (unpaired) electrons. The first-order valence-electron chi connectivity index (χ1n) is 23.1. The van der Waals surface area contributed by atoms with E-state index in [0.717, 1.165) is 34.2 Å². The molecule has 0 saturated heterocycles. The van der Waals surface area contributed by atoms with Crippen LogP contribution in [-0.4, -0.2) is 13.5 Å².